The fourth-order valence-electron chi connectivity index (χ4n) is 2.83. The Balaban J connectivity index is 1.64. The topological polar surface area (TPSA) is 84.8 Å². The number of amides is 1. The average molecular weight is 383 g/mol. The second-order valence-corrected chi connectivity index (χ2v) is 6.09. The highest BCUT2D eigenvalue weighted by Gasteiger charge is 2.16. The lowest BCUT2D eigenvalue weighted by atomic mass is 10.2. The maximum atomic E-state index is 14.2. The summed E-state index contributed by atoms with van der Waals surface area (Å²) in [4.78, 5) is 19.6. The van der Waals surface area contributed by atoms with E-state index in [4.69, 9.17) is 4.74 Å². The zero-order valence-corrected chi connectivity index (χ0v) is 15.0. The minimum atomic E-state index is -0.486. The number of hydrogen-bond donors (Lipinski definition) is 2. The first kappa shape index (κ1) is 17.7. The third-order valence-corrected chi connectivity index (χ3v) is 4.22. The molecule has 0 fully saturated rings. The van der Waals surface area contributed by atoms with Crippen LogP contribution in [-0.4, -0.2) is 32.8 Å². The number of methoxy groups -OCH3 is 1. The first-order valence-corrected chi connectivity index (χ1v) is 8.29. The highest BCUT2D eigenvalue weighted by atomic mass is 19.1. The minimum absolute atomic E-state index is 0.244. The van der Waals surface area contributed by atoms with Gasteiger partial charge < -0.3 is 15.0 Å². The number of nitrogens with one attached hydrogen (secondary N) is 2. The number of hydrogen-bond acceptors (Lipinski definition) is 4. The van der Waals surface area contributed by atoms with Gasteiger partial charge in [0, 0.05) is 30.8 Å². The first-order valence-electron chi connectivity index (χ1n) is 8.29. The van der Waals surface area contributed by atoms with Crippen LogP contribution in [0, 0.1) is 11.6 Å². The molecule has 7 nitrogen and oxygen atoms in total. The van der Waals surface area contributed by atoms with Crippen LogP contribution in [0.1, 0.15) is 10.4 Å². The van der Waals surface area contributed by atoms with E-state index in [1.807, 2.05) is 0 Å². The molecule has 2 N–H and O–H groups in total. The van der Waals surface area contributed by atoms with Gasteiger partial charge in [0.05, 0.1) is 12.6 Å². The molecule has 0 aliphatic rings. The normalized spacial score (nSPS) is 11.0. The van der Waals surface area contributed by atoms with Crippen LogP contribution >= 0.6 is 0 Å². The van der Waals surface area contributed by atoms with Gasteiger partial charge >= 0.3 is 0 Å². The highest BCUT2D eigenvalue weighted by Crippen LogP contribution is 2.27. The van der Waals surface area contributed by atoms with Crippen LogP contribution in [0.15, 0.2) is 42.5 Å². The summed E-state index contributed by atoms with van der Waals surface area (Å²) in [6.45, 7) is 0. The van der Waals surface area contributed by atoms with Gasteiger partial charge in [-0.3, -0.25) is 9.48 Å². The molecule has 1 amide bonds. The molecule has 0 saturated heterocycles. The molecule has 2 heterocycles. The summed E-state index contributed by atoms with van der Waals surface area (Å²) in [7, 11) is 3.12. The predicted octanol–water partition coefficient (Wildman–Crippen LogP) is 3.50. The van der Waals surface area contributed by atoms with Gasteiger partial charge in [0.2, 0.25) is 0 Å². The molecule has 0 aliphatic heterocycles. The molecule has 0 bridgehead atoms. The van der Waals surface area contributed by atoms with E-state index in [9.17, 15) is 13.6 Å². The van der Waals surface area contributed by atoms with Gasteiger partial charge in [-0.05, 0) is 24.3 Å². The SMILES string of the molecule is COc1cc(F)c2[nH]c(-c3cc(NC(=O)c4ccc(F)cc4)nn3C)nc2c1. The summed E-state index contributed by atoms with van der Waals surface area (Å²) in [5.41, 5.74) is 1.49. The highest BCUT2D eigenvalue weighted by molar-refractivity contribution is 6.03. The van der Waals surface area contributed by atoms with Crippen LogP contribution in [-0.2, 0) is 7.05 Å². The van der Waals surface area contributed by atoms with Crippen molar-refractivity contribution >= 4 is 22.8 Å². The number of fused-ring (bicyclic) bond motifs is 1. The van der Waals surface area contributed by atoms with Crippen LogP contribution in [0.2, 0.25) is 0 Å². The maximum Gasteiger partial charge on any atom is 0.256 e. The Morgan fingerprint density at radius 2 is 1.93 bits per heavy atom. The number of ether oxygens (including phenoxy) is 1. The second-order valence-electron chi connectivity index (χ2n) is 6.09. The van der Waals surface area contributed by atoms with E-state index in [0.29, 0.717) is 28.3 Å². The second kappa shape index (κ2) is 6.76. The van der Waals surface area contributed by atoms with Gasteiger partial charge in [0.25, 0.3) is 5.91 Å². The smallest absolute Gasteiger partial charge is 0.256 e. The molecule has 0 spiro atoms. The van der Waals surface area contributed by atoms with E-state index in [1.165, 1.54) is 42.1 Å². The molecular formula is C19H15F2N5O2. The molecule has 0 unspecified atom stereocenters. The fourth-order valence-corrected chi connectivity index (χ4v) is 2.83. The number of rotatable bonds is 4. The molecule has 4 rings (SSSR count). The van der Waals surface area contributed by atoms with Gasteiger partial charge in [-0.1, -0.05) is 0 Å². The van der Waals surface area contributed by atoms with Crippen molar-refractivity contribution in [2.24, 2.45) is 7.05 Å². The van der Waals surface area contributed by atoms with Crippen molar-refractivity contribution in [2.45, 2.75) is 0 Å². The van der Waals surface area contributed by atoms with Gasteiger partial charge in [0.1, 0.15) is 22.8 Å². The number of aryl methyl sites for hydroxylation is 1. The van der Waals surface area contributed by atoms with E-state index in [2.05, 4.69) is 20.4 Å². The molecule has 9 heteroatoms. The fraction of sp³-hybridized carbons (Fsp3) is 0.105. The molecule has 0 aliphatic carbocycles. The minimum Gasteiger partial charge on any atom is -0.497 e. The molecule has 2 aromatic carbocycles. The van der Waals surface area contributed by atoms with Gasteiger partial charge in [0.15, 0.2) is 17.5 Å². The number of imidazole rings is 1. The number of anilines is 1. The molecule has 0 atom stereocenters. The van der Waals surface area contributed by atoms with Crippen molar-refractivity contribution in [3.05, 3.63) is 59.7 Å². The van der Waals surface area contributed by atoms with Crippen LogP contribution in [0.3, 0.4) is 0 Å². The zero-order chi connectivity index (χ0) is 19.8. The van der Waals surface area contributed by atoms with Crippen LogP contribution < -0.4 is 10.1 Å². The number of aromatic amines is 1. The number of carbonyl (C=O) groups excluding carboxylic acids is 1. The van der Waals surface area contributed by atoms with Crippen molar-refractivity contribution in [3.63, 3.8) is 0 Å². The largest absolute Gasteiger partial charge is 0.497 e. The maximum absolute atomic E-state index is 14.2. The third kappa shape index (κ3) is 3.18. The van der Waals surface area contributed by atoms with E-state index in [1.54, 1.807) is 19.2 Å². The molecule has 28 heavy (non-hydrogen) atoms. The van der Waals surface area contributed by atoms with E-state index in [-0.39, 0.29) is 11.3 Å². The Bertz CT molecular complexity index is 1180. The van der Waals surface area contributed by atoms with Crippen LogP contribution in [0.25, 0.3) is 22.6 Å². The summed E-state index contributed by atoms with van der Waals surface area (Å²) in [5.74, 6) is -0.305. The van der Waals surface area contributed by atoms with Crippen LogP contribution in [0.4, 0.5) is 14.6 Å². The lowest BCUT2D eigenvalue weighted by Gasteiger charge is -2.01. The standard InChI is InChI=1S/C19H15F2N5O2/c1-26-15(18-22-14-8-12(28-2)7-13(21)17(14)24-18)9-16(25-26)23-19(27)10-3-5-11(20)6-4-10/h3-9H,1-2H3,(H,22,24)(H,23,25,27). The van der Waals surface area contributed by atoms with E-state index in [0.717, 1.165) is 0 Å². The number of carbonyl (C=O) groups is 1. The Kier molecular flexibility index (Phi) is 4.26. The van der Waals surface area contributed by atoms with Crippen molar-refractivity contribution in [3.8, 4) is 17.3 Å². The molecule has 0 saturated carbocycles. The van der Waals surface area contributed by atoms with Gasteiger partial charge in [-0.15, -0.1) is 0 Å². The van der Waals surface area contributed by atoms with E-state index < -0.39 is 17.5 Å². The lowest BCUT2D eigenvalue weighted by Crippen LogP contribution is -2.12. The lowest BCUT2D eigenvalue weighted by molar-refractivity contribution is 0.102. The van der Waals surface area contributed by atoms with Crippen molar-refractivity contribution in [2.75, 3.05) is 12.4 Å². The average Bonchev–Trinajstić information content (AvgIpc) is 3.25. The number of benzene rings is 2. The Labute approximate surface area is 158 Å². The zero-order valence-electron chi connectivity index (χ0n) is 15.0. The third-order valence-electron chi connectivity index (χ3n) is 4.22. The predicted molar refractivity (Wildman–Crippen MR) is 99.2 cm³/mol. The number of halogens is 2. The summed E-state index contributed by atoms with van der Waals surface area (Å²) in [5, 5.41) is 6.87. The summed E-state index contributed by atoms with van der Waals surface area (Å²) < 4.78 is 33.8. The molecular weight excluding hydrogens is 368 g/mol. The monoisotopic (exact) mass is 383 g/mol. The van der Waals surface area contributed by atoms with Gasteiger partial charge in [-0.2, -0.15) is 5.10 Å². The molecule has 2 aromatic heterocycles. The quantitative estimate of drug-likeness (QED) is 0.565. The first-order chi connectivity index (χ1) is 13.4. The number of H-pyrrole nitrogens is 1. The summed E-state index contributed by atoms with van der Waals surface area (Å²) in [6.07, 6.45) is 0. The summed E-state index contributed by atoms with van der Waals surface area (Å²) >= 11 is 0. The number of aromatic nitrogens is 4. The summed E-state index contributed by atoms with van der Waals surface area (Å²) in [6, 6.07) is 9.65. The van der Waals surface area contributed by atoms with E-state index >= 15 is 0 Å². The Hall–Kier alpha value is -3.75. The van der Waals surface area contributed by atoms with Crippen molar-refractivity contribution in [1.29, 1.82) is 0 Å². The Morgan fingerprint density at radius 1 is 1.18 bits per heavy atom. The molecule has 142 valence electrons. The van der Waals surface area contributed by atoms with Gasteiger partial charge in [-0.25, -0.2) is 13.8 Å². The molecule has 0 radical (unpaired) electrons. The Morgan fingerprint density at radius 3 is 2.64 bits per heavy atom. The van der Waals surface area contributed by atoms with Crippen molar-refractivity contribution in [1.82, 2.24) is 19.7 Å². The number of nitrogens with zero attached hydrogens (tertiary/aromatic N) is 3. The molecule has 4 aromatic rings. The van der Waals surface area contributed by atoms with Crippen molar-refractivity contribution < 1.29 is 18.3 Å². The van der Waals surface area contributed by atoms with Crippen LogP contribution in [0.5, 0.6) is 5.75 Å².